The lowest BCUT2D eigenvalue weighted by molar-refractivity contribution is 0.580. The van der Waals surface area contributed by atoms with Crippen LogP contribution in [0, 0.1) is 6.92 Å². The molecule has 0 radical (unpaired) electrons. The summed E-state index contributed by atoms with van der Waals surface area (Å²) in [6, 6.07) is 6.69. The van der Waals surface area contributed by atoms with Crippen LogP contribution in [0.3, 0.4) is 0 Å². The highest BCUT2D eigenvalue weighted by molar-refractivity contribution is 7.89. The smallest absolute Gasteiger partial charge is 0.240 e. The van der Waals surface area contributed by atoms with Gasteiger partial charge in [0.25, 0.3) is 0 Å². The SMILES string of the molecule is CCC(N)c1cccc(S(=O)(=O)NCc2cscc2C)c1. The van der Waals surface area contributed by atoms with Gasteiger partial charge in [-0.05, 0) is 52.9 Å². The zero-order chi connectivity index (χ0) is 15.5. The van der Waals surface area contributed by atoms with E-state index in [9.17, 15) is 8.42 Å². The third-order valence-electron chi connectivity index (χ3n) is 3.45. The molecule has 0 spiro atoms. The van der Waals surface area contributed by atoms with Crippen LogP contribution in [-0.4, -0.2) is 8.42 Å². The maximum absolute atomic E-state index is 12.4. The minimum Gasteiger partial charge on any atom is -0.324 e. The highest BCUT2D eigenvalue weighted by Gasteiger charge is 2.16. The molecular formula is C15H20N2O2S2. The van der Waals surface area contributed by atoms with Gasteiger partial charge in [-0.3, -0.25) is 0 Å². The summed E-state index contributed by atoms with van der Waals surface area (Å²) in [6.07, 6.45) is 0.769. The molecule has 2 aromatic rings. The molecule has 0 saturated heterocycles. The number of hydrogen-bond donors (Lipinski definition) is 2. The van der Waals surface area contributed by atoms with E-state index in [1.54, 1.807) is 29.5 Å². The van der Waals surface area contributed by atoms with Crippen molar-refractivity contribution in [2.45, 2.75) is 37.8 Å². The van der Waals surface area contributed by atoms with Gasteiger partial charge >= 0.3 is 0 Å². The lowest BCUT2D eigenvalue weighted by atomic mass is 10.1. The fraction of sp³-hybridized carbons (Fsp3) is 0.333. The summed E-state index contributed by atoms with van der Waals surface area (Å²) in [5.41, 5.74) is 8.91. The van der Waals surface area contributed by atoms with Crippen molar-refractivity contribution in [3.63, 3.8) is 0 Å². The number of aryl methyl sites for hydroxylation is 1. The highest BCUT2D eigenvalue weighted by atomic mass is 32.2. The minimum absolute atomic E-state index is 0.140. The van der Waals surface area contributed by atoms with Crippen LogP contribution < -0.4 is 10.5 Å². The first-order valence-corrected chi connectivity index (χ1v) is 9.23. The first-order chi connectivity index (χ1) is 9.94. The summed E-state index contributed by atoms with van der Waals surface area (Å²) in [5, 5.41) is 3.96. The molecule has 0 bridgehead atoms. The van der Waals surface area contributed by atoms with Gasteiger partial charge in [0.15, 0.2) is 0 Å². The maximum Gasteiger partial charge on any atom is 0.240 e. The number of hydrogen-bond acceptors (Lipinski definition) is 4. The van der Waals surface area contributed by atoms with Gasteiger partial charge in [0.1, 0.15) is 0 Å². The molecule has 21 heavy (non-hydrogen) atoms. The number of nitrogens with one attached hydrogen (secondary N) is 1. The Kier molecular flexibility index (Phi) is 5.16. The van der Waals surface area contributed by atoms with Gasteiger partial charge in [-0.25, -0.2) is 13.1 Å². The van der Waals surface area contributed by atoms with E-state index < -0.39 is 10.0 Å². The third-order valence-corrected chi connectivity index (χ3v) is 5.76. The molecular weight excluding hydrogens is 304 g/mol. The molecule has 0 aliphatic carbocycles. The number of thiophene rings is 1. The zero-order valence-corrected chi connectivity index (χ0v) is 13.8. The van der Waals surface area contributed by atoms with Crippen LogP contribution in [0.4, 0.5) is 0 Å². The molecule has 6 heteroatoms. The Hall–Kier alpha value is -1.21. The minimum atomic E-state index is -3.52. The predicted octanol–water partition coefficient (Wildman–Crippen LogP) is 2.94. The van der Waals surface area contributed by atoms with Crippen molar-refractivity contribution >= 4 is 21.4 Å². The molecule has 1 atom stereocenters. The van der Waals surface area contributed by atoms with E-state index in [0.717, 1.165) is 23.1 Å². The van der Waals surface area contributed by atoms with E-state index in [-0.39, 0.29) is 10.9 Å². The molecule has 0 aliphatic heterocycles. The summed E-state index contributed by atoms with van der Waals surface area (Å²) in [6.45, 7) is 4.26. The maximum atomic E-state index is 12.4. The molecule has 0 aliphatic rings. The number of sulfonamides is 1. The van der Waals surface area contributed by atoms with Crippen molar-refractivity contribution in [1.29, 1.82) is 0 Å². The Balaban J connectivity index is 2.18. The van der Waals surface area contributed by atoms with E-state index in [1.807, 2.05) is 30.7 Å². The fourth-order valence-corrected chi connectivity index (χ4v) is 3.89. The Labute approximate surface area is 130 Å². The second-order valence-electron chi connectivity index (χ2n) is 4.99. The quantitative estimate of drug-likeness (QED) is 0.858. The largest absolute Gasteiger partial charge is 0.324 e. The normalized spacial score (nSPS) is 13.3. The Morgan fingerprint density at radius 1 is 1.33 bits per heavy atom. The molecule has 114 valence electrons. The van der Waals surface area contributed by atoms with Gasteiger partial charge in [0.2, 0.25) is 10.0 Å². The molecule has 1 aromatic carbocycles. The second kappa shape index (κ2) is 6.70. The van der Waals surface area contributed by atoms with E-state index >= 15 is 0 Å². The molecule has 3 N–H and O–H groups in total. The summed E-state index contributed by atoms with van der Waals surface area (Å²) >= 11 is 1.57. The van der Waals surface area contributed by atoms with Gasteiger partial charge in [0, 0.05) is 12.6 Å². The lowest BCUT2D eigenvalue weighted by Gasteiger charge is -2.12. The fourth-order valence-electron chi connectivity index (χ4n) is 1.97. The Morgan fingerprint density at radius 3 is 2.71 bits per heavy atom. The van der Waals surface area contributed by atoms with Gasteiger partial charge in [0.05, 0.1) is 4.90 Å². The molecule has 0 amide bonds. The molecule has 2 rings (SSSR count). The van der Waals surface area contributed by atoms with Gasteiger partial charge in [-0.1, -0.05) is 19.1 Å². The zero-order valence-electron chi connectivity index (χ0n) is 12.2. The molecule has 0 fully saturated rings. The third kappa shape index (κ3) is 3.91. The second-order valence-corrected chi connectivity index (χ2v) is 7.50. The number of benzene rings is 1. The van der Waals surface area contributed by atoms with Crippen LogP contribution in [0.25, 0.3) is 0 Å². The van der Waals surface area contributed by atoms with Gasteiger partial charge < -0.3 is 5.73 Å². The van der Waals surface area contributed by atoms with Crippen molar-refractivity contribution in [3.8, 4) is 0 Å². The van der Waals surface area contributed by atoms with E-state index in [0.29, 0.717) is 6.54 Å². The monoisotopic (exact) mass is 324 g/mol. The van der Waals surface area contributed by atoms with Crippen molar-refractivity contribution < 1.29 is 8.42 Å². The highest BCUT2D eigenvalue weighted by Crippen LogP contribution is 2.19. The average Bonchev–Trinajstić information content (AvgIpc) is 2.90. The number of nitrogens with two attached hydrogens (primary N) is 1. The molecule has 1 aromatic heterocycles. The van der Waals surface area contributed by atoms with Crippen LogP contribution in [0.1, 0.15) is 36.1 Å². The van der Waals surface area contributed by atoms with Crippen LogP contribution in [0.2, 0.25) is 0 Å². The molecule has 4 nitrogen and oxygen atoms in total. The molecule has 1 unspecified atom stereocenters. The van der Waals surface area contributed by atoms with Crippen molar-refractivity contribution in [1.82, 2.24) is 4.72 Å². The average molecular weight is 324 g/mol. The van der Waals surface area contributed by atoms with Crippen LogP contribution in [0.15, 0.2) is 39.9 Å². The first-order valence-electron chi connectivity index (χ1n) is 6.81. The number of rotatable bonds is 6. The van der Waals surface area contributed by atoms with Crippen LogP contribution in [-0.2, 0) is 16.6 Å². The van der Waals surface area contributed by atoms with E-state index in [4.69, 9.17) is 5.73 Å². The first kappa shape index (κ1) is 16.2. The van der Waals surface area contributed by atoms with Gasteiger partial charge in [-0.15, -0.1) is 0 Å². The van der Waals surface area contributed by atoms with Crippen molar-refractivity contribution in [2.24, 2.45) is 5.73 Å². The Morgan fingerprint density at radius 2 is 2.10 bits per heavy atom. The molecule has 0 saturated carbocycles. The van der Waals surface area contributed by atoms with Crippen LogP contribution in [0.5, 0.6) is 0 Å². The predicted molar refractivity (Wildman–Crippen MR) is 86.7 cm³/mol. The van der Waals surface area contributed by atoms with Crippen LogP contribution >= 0.6 is 11.3 Å². The summed E-state index contributed by atoms with van der Waals surface area (Å²) in [7, 11) is -3.52. The van der Waals surface area contributed by atoms with E-state index in [1.165, 1.54) is 0 Å². The summed E-state index contributed by atoms with van der Waals surface area (Å²) in [4.78, 5) is 0.261. The summed E-state index contributed by atoms with van der Waals surface area (Å²) < 4.78 is 27.3. The van der Waals surface area contributed by atoms with Gasteiger partial charge in [-0.2, -0.15) is 11.3 Å². The lowest BCUT2D eigenvalue weighted by Crippen LogP contribution is -2.23. The summed E-state index contributed by atoms with van der Waals surface area (Å²) in [5.74, 6) is 0. The topological polar surface area (TPSA) is 72.2 Å². The molecule has 1 heterocycles. The van der Waals surface area contributed by atoms with Crippen molar-refractivity contribution in [3.05, 3.63) is 51.7 Å². The van der Waals surface area contributed by atoms with Crippen molar-refractivity contribution in [2.75, 3.05) is 0 Å². The Bertz CT molecular complexity index is 708. The standard InChI is InChI=1S/C15H20N2O2S2/c1-3-15(16)12-5-4-6-14(7-12)21(18,19)17-8-13-10-20-9-11(13)2/h4-7,9-10,15,17H,3,8,16H2,1-2H3. The van der Waals surface area contributed by atoms with E-state index in [2.05, 4.69) is 4.72 Å².